The lowest BCUT2D eigenvalue weighted by atomic mass is 10.2. The number of nitrogens with one attached hydrogen (secondary N) is 2. The number of benzene rings is 1. The molecule has 0 atom stereocenters. The van der Waals surface area contributed by atoms with Crippen LogP contribution in [-0.2, 0) is 11.3 Å². The quantitative estimate of drug-likeness (QED) is 0.254. The van der Waals surface area contributed by atoms with Gasteiger partial charge in [0.25, 0.3) is 0 Å². The topological polar surface area (TPSA) is 45.6 Å². The van der Waals surface area contributed by atoms with E-state index in [-0.39, 0.29) is 5.82 Å². The van der Waals surface area contributed by atoms with Gasteiger partial charge < -0.3 is 15.4 Å². The second-order valence-electron chi connectivity index (χ2n) is 6.78. The summed E-state index contributed by atoms with van der Waals surface area (Å²) in [6.07, 6.45) is 19.2. The maximum Gasteiger partial charge on any atom is 0.123 e. The molecule has 0 saturated carbocycles. The summed E-state index contributed by atoms with van der Waals surface area (Å²) in [7, 11) is 0. The van der Waals surface area contributed by atoms with Crippen LogP contribution in [0.4, 0.5) is 10.1 Å². The second kappa shape index (κ2) is 19.8. The minimum atomic E-state index is -0.240. The smallest absolute Gasteiger partial charge is 0.123 e. The predicted molar refractivity (Wildman–Crippen MR) is 137 cm³/mol. The van der Waals surface area contributed by atoms with Crippen molar-refractivity contribution >= 4 is 11.9 Å². The average Bonchev–Trinajstić information content (AvgIpc) is 2.93. The number of nitrogens with zero attached hydrogens (tertiary/aromatic N) is 1. The number of hydrogen-bond acceptors (Lipinski definition) is 4. The normalized spacial score (nSPS) is 12.6. The first-order valence-electron chi connectivity index (χ1n) is 10.9. The Hall–Kier alpha value is -3.10. The van der Waals surface area contributed by atoms with Crippen LogP contribution < -0.4 is 10.6 Å². The first kappa shape index (κ1) is 28.9. The third-order valence-electron chi connectivity index (χ3n) is 4.07. The minimum absolute atomic E-state index is 0.240. The number of halogens is 1. The molecular formula is C27H38FN3O. The highest BCUT2D eigenvalue weighted by Gasteiger charge is 2.12. The van der Waals surface area contributed by atoms with Gasteiger partial charge in [-0.05, 0) is 71.0 Å². The van der Waals surface area contributed by atoms with Crippen molar-refractivity contribution in [1.29, 1.82) is 0 Å². The van der Waals surface area contributed by atoms with Crippen LogP contribution in [0, 0.1) is 18.2 Å². The molecule has 0 spiro atoms. The lowest BCUT2D eigenvalue weighted by Crippen LogP contribution is -2.15. The van der Waals surface area contributed by atoms with Crippen molar-refractivity contribution < 1.29 is 9.13 Å². The van der Waals surface area contributed by atoms with Gasteiger partial charge in [0.2, 0.25) is 0 Å². The molecule has 174 valence electrons. The summed E-state index contributed by atoms with van der Waals surface area (Å²) in [5.74, 6) is 2.82. The number of fused-ring (bicyclic) bond motifs is 1. The minimum Gasteiger partial charge on any atom is -0.491 e. The van der Waals surface area contributed by atoms with Crippen molar-refractivity contribution in [2.45, 2.75) is 53.6 Å². The Bertz CT molecular complexity index is 817. The van der Waals surface area contributed by atoms with E-state index in [0.717, 1.165) is 42.2 Å². The molecule has 0 bridgehead atoms. The van der Waals surface area contributed by atoms with Gasteiger partial charge in [-0.2, -0.15) is 0 Å². The summed E-state index contributed by atoms with van der Waals surface area (Å²) in [6.45, 7) is 13.8. The molecule has 2 N–H and O–H groups in total. The first-order valence-corrected chi connectivity index (χ1v) is 10.9. The van der Waals surface area contributed by atoms with Gasteiger partial charge >= 0.3 is 0 Å². The summed E-state index contributed by atoms with van der Waals surface area (Å²) in [5, 5.41) is 6.59. The van der Waals surface area contributed by atoms with Crippen molar-refractivity contribution in [2.75, 3.05) is 18.4 Å². The molecule has 1 aliphatic rings. The van der Waals surface area contributed by atoms with Crippen LogP contribution in [0.1, 0.15) is 52.5 Å². The molecule has 4 nitrogen and oxygen atoms in total. The van der Waals surface area contributed by atoms with Crippen LogP contribution in [0.3, 0.4) is 0 Å². The summed E-state index contributed by atoms with van der Waals surface area (Å²) in [6, 6.07) is 4.67. The lowest BCUT2D eigenvalue weighted by molar-refractivity contribution is 0.201. The van der Waals surface area contributed by atoms with Crippen LogP contribution >= 0.6 is 0 Å². The Kier molecular flexibility index (Phi) is 17.9. The molecule has 1 heterocycles. The number of allylic oxidation sites excluding steroid dienone is 4. The van der Waals surface area contributed by atoms with Crippen molar-refractivity contribution in [3.05, 3.63) is 78.1 Å². The molecule has 0 unspecified atom stereocenters. The van der Waals surface area contributed by atoms with E-state index in [4.69, 9.17) is 4.74 Å². The zero-order valence-electron chi connectivity index (χ0n) is 20.0. The number of ether oxygens (including phenoxy) is 1. The Balaban J connectivity index is 0.000000547. The van der Waals surface area contributed by atoms with Gasteiger partial charge in [-0.15, -0.1) is 12.3 Å². The van der Waals surface area contributed by atoms with Gasteiger partial charge in [-0.1, -0.05) is 38.2 Å². The van der Waals surface area contributed by atoms with Crippen molar-refractivity contribution in [1.82, 2.24) is 5.32 Å². The fraction of sp³-hybridized carbons (Fsp3) is 0.370. The van der Waals surface area contributed by atoms with Gasteiger partial charge in [0, 0.05) is 23.7 Å². The monoisotopic (exact) mass is 439 g/mol. The van der Waals surface area contributed by atoms with E-state index in [9.17, 15) is 4.39 Å². The Morgan fingerprint density at radius 3 is 2.78 bits per heavy atom. The van der Waals surface area contributed by atoms with Gasteiger partial charge in [0.1, 0.15) is 18.2 Å². The highest BCUT2D eigenvalue weighted by molar-refractivity contribution is 5.70. The van der Waals surface area contributed by atoms with E-state index in [1.54, 1.807) is 25.3 Å². The molecule has 0 aliphatic carbocycles. The standard InChI is InChI=1S/C13H14FNO.C11H20N2.C3H4/c1-3-4-12-9(2)16-8-10-7-11(14)5-6-13(10)15-12;1-3-5-9-13-11-7-6-10-12-8-4-2;1-3-2/h3-7,15H,8H2,1-2H3;4,6,8,10,13H,2-3,5,7,9,11H2,1H3;1H,2H3/b4-3-;10-6+,12-8?;. The van der Waals surface area contributed by atoms with Gasteiger partial charge in [-0.25, -0.2) is 4.39 Å². The third-order valence-corrected chi connectivity index (χ3v) is 4.07. The van der Waals surface area contributed by atoms with Crippen LogP contribution in [0.25, 0.3) is 0 Å². The van der Waals surface area contributed by atoms with Gasteiger partial charge in [0.05, 0.1) is 5.70 Å². The molecule has 1 aliphatic heterocycles. The lowest BCUT2D eigenvalue weighted by Gasteiger charge is -2.07. The number of hydrogen-bond donors (Lipinski definition) is 2. The number of anilines is 1. The number of terminal acetylenes is 1. The summed E-state index contributed by atoms with van der Waals surface area (Å²) >= 11 is 0. The Morgan fingerprint density at radius 1 is 1.38 bits per heavy atom. The molecule has 0 saturated heterocycles. The summed E-state index contributed by atoms with van der Waals surface area (Å²) in [5.41, 5.74) is 2.64. The molecule has 1 aromatic rings. The van der Waals surface area contributed by atoms with E-state index >= 15 is 0 Å². The molecule has 32 heavy (non-hydrogen) atoms. The van der Waals surface area contributed by atoms with Crippen LogP contribution in [0.5, 0.6) is 0 Å². The van der Waals surface area contributed by atoms with Gasteiger partial charge in [-0.3, -0.25) is 4.99 Å². The molecule has 0 radical (unpaired) electrons. The highest BCUT2D eigenvalue weighted by Crippen LogP contribution is 2.25. The molecular weight excluding hydrogens is 401 g/mol. The fourth-order valence-electron chi connectivity index (χ4n) is 2.48. The Labute approximate surface area is 194 Å². The number of aliphatic imine (C=N–C) groups is 1. The Morgan fingerprint density at radius 2 is 2.12 bits per heavy atom. The van der Waals surface area contributed by atoms with Crippen molar-refractivity contribution in [3.8, 4) is 12.3 Å². The third kappa shape index (κ3) is 14.0. The van der Waals surface area contributed by atoms with E-state index in [2.05, 4.69) is 47.5 Å². The summed E-state index contributed by atoms with van der Waals surface area (Å²) in [4.78, 5) is 3.97. The number of unbranched alkanes of at least 4 members (excludes halogenated alkanes) is 1. The number of rotatable bonds is 9. The van der Waals surface area contributed by atoms with Crippen LogP contribution in [-0.4, -0.2) is 19.3 Å². The second-order valence-corrected chi connectivity index (χ2v) is 6.78. The van der Waals surface area contributed by atoms with Crippen LogP contribution in [0.15, 0.2) is 71.7 Å². The first-order chi connectivity index (χ1) is 15.5. The zero-order chi connectivity index (χ0) is 24.0. The van der Waals surface area contributed by atoms with E-state index in [1.807, 2.05) is 32.2 Å². The average molecular weight is 440 g/mol. The highest BCUT2D eigenvalue weighted by atomic mass is 19.1. The van der Waals surface area contributed by atoms with E-state index in [0.29, 0.717) is 6.61 Å². The maximum absolute atomic E-state index is 13.1. The SMILES string of the molecule is C#CC.C/C=C\C1=C(C)OCc2cc(F)ccc2N1.C=CC=N/C=C/CCNCCCC. The molecule has 1 aromatic carbocycles. The molecule has 0 amide bonds. The van der Waals surface area contributed by atoms with E-state index < -0.39 is 0 Å². The molecule has 2 rings (SSSR count). The van der Waals surface area contributed by atoms with Crippen molar-refractivity contribution in [3.63, 3.8) is 0 Å². The molecule has 0 fully saturated rings. The largest absolute Gasteiger partial charge is 0.491 e. The van der Waals surface area contributed by atoms with Gasteiger partial charge in [0.15, 0.2) is 0 Å². The predicted octanol–water partition coefficient (Wildman–Crippen LogP) is 6.75. The zero-order valence-corrected chi connectivity index (χ0v) is 20.0. The summed E-state index contributed by atoms with van der Waals surface area (Å²) < 4.78 is 18.6. The molecule has 5 heteroatoms. The fourth-order valence-corrected chi connectivity index (χ4v) is 2.48. The maximum atomic E-state index is 13.1. The van der Waals surface area contributed by atoms with Crippen molar-refractivity contribution in [2.24, 2.45) is 4.99 Å². The molecule has 0 aromatic heterocycles. The van der Waals surface area contributed by atoms with Crippen LogP contribution in [0.2, 0.25) is 0 Å². The van der Waals surface area contributed by atoms with E-state index in [1.165, 1.54) is 25.0 Å².